The number of nitriles is 1. The summed E-state index contributed by atoms with van der Waals surface area (Å²) in [5.41, 5.74) is 5.19. The molecule has 1 atom stereocenters. The van der Waals surface area contributed by atoms with Crippen molar-refractivity contribution in [1.29, 1.82) is 5.26 Å². The van der Waals surface area contributed by atoms with Crippen LogP contribution in [0.5, 0.6) is 0 Å². The predicted molar refractivity (Wildman–Crippen MR) is 45.3 cm³/mol. The zero-order valence-electron chi connectivity index (χ0n) is 6.36. The second kappa shape index (κ2) is 9.27. The molecular weight excluding hydrogens is 164 g/mol. The Morgan fingerprint density at radius 1 is 1.82 bits per heavy atom. The molecule has 4 nitrogen and oxygen atoms in total. The molecule has 0 radical (unpaired) electrons. The smallest absolute Gasteiger partial charge is 0.320 e. The Kier molecular flexibility index (Phi) is 10.9. The van der Waals surface area contributed by atoms with Gasteiger partial charge in [0, 0.05) is 6.57 Å². The molecule has 0 heterocycles. The molecule has 0 rings (SSSR count). The Morgan fingerprint density at radius 3 is 2.55 bits per heavy atom. The maximum atomic E-state index is 10.1. The SMILES string of the molecule is C#N.CSCCC(N)C(=O)O. The van der Waals surface area contributed by atoms with E-state index in [1.807, 2.05) is 6.26 Å². The van der Waals surface area contributed by atoms with Crippen LogP contribution in [0.1, 0.15) is 6.42 Å². The standard InChI is InChI=1S/C5H11NO2S.CHN/c1-9-3-2-4(6)5(7)8;1-2/h4H,2-3,6H2,1H3,(H,7,8);1H. The van der Waals surface area contributed by atoms with Crippen molar-refractivity contribution in [2.75, 3.05) is 12.0 Å². The number of thioether (sulfide) groups is 1. The van der Waals surface area contributed by atoms with Crippen molar-refractivity contribution in [3.8, 4) is 6.57 Å². The number of hydrogen-bond donors (Lipinski definition) is 2. The second-order valence-electron chi connectivity index (χ2n) is 1.73. The van der Waals surface area contributed by atoms with Crippen LogP contribution in [0.2, 0.25) is 0 Å². The Bertz CT molecular complexity index is 127. The fourth-order valence-corrected chi connectivity index (χ4v) is 0.858. The van der Waals surface area contributed by atoms with E-state index in [4.69, 9.17) is 16.1 Å². The zero-order valence-corrected chi connectivity index (χ0v) is 7.17. The van der Waals surface area contributed by atoms with Crippen LogP contribution in [0.3, 0.4) is 0 Å². The van der Waals surface area contributed by atoms with Crippen molar-refractivity contribution >= 4 is 17.7 Å². The summed E-state index contributed by atoms with van der Waals surface area (Å²) in [7, 11) is 0. The van der Waals surface area contributed by atoms with Crippen molar-refractivity contribution in [2.24, 2.45) is 5.73 Å². The molecule has 3 N–H and O–H groups in total. The Labute approximate surface area is 70.4 Å². The lowest BCUT2D eigenvalue weighted by molar-refractivity contribution is -0.138. The van der Waals surface area contributed by atoms with Crippen LogP contribution < -0.4 is 5.73 Å². The van der Waals surface area contributed by atoms with Crippen molar-refractivity contribution in [2.45, 2.75) is 12.5 Å². The van der Waals surface area contributed by atoms with Crippen LogP contribution in [0.15, 0.2) is 0 Å². The van der Waals surface area contributed by atoms with E-state index in [1.54, 1.807) is 11.8 Å². The molecule has 0 aromatic rings. The van der Waals surface area contributed by atoms with Crippen LogP contribution in [-0.2, 0) is 4.79 Å². The highest BCUT2D eigenvalue weighted by molar-refractivity contribution is 7.98. The number of rotatable bonds is 4. The number of carbonyl (C=O) groups is 1. The van der Waals surface area contributed by atoms with Crippen molar-refractivity contribution in [3.05, 3.63) is 0 Å². The molecular formula is C6H12N2O2S. The zero-order chi connectivity index (χ0) is 9.28. The summed E-state index contributed by atoms with van der Waals surface area (Å²) in [5.74, 6) is -0.1000. The average molecular weight is 176 g/mol. The van der Waals surface area contributed by atoms with Crippen molar-refractivity contribution in [3.63, 3.8) is 0 Å². The van der Waals surface area contributed by atoms with E-state index in [2.05, 4.69) is 6.57 Å². The van der Waals surface area contributed by atoms with Gasteiger partial charge in [0.05, 0.1) is 0 Å². The minimum absolute atomic E-state index is 0.552. The molecule has 0 aromatic heterocycles. The van der Waals surface area contributed by atoms with Crippen LogP contribution >= 0.6 is 11.8 Å². The van der Waals surface area contributed by atoms with Gasteiger partial charge in [-0.2, -0.15) is 11.8 Å². The van der Waals surface area contributed by atoms with Gasteiger partial charge in [-0.05, 0) is 18.4 Å². The minimum atomic E-state index is -0.913. The molecule has 64 valence electrons. The third kappa shape index (κ3) is 9.27. The van der Waals surface area contributed by atoms with E-state index < -0.39 is 12.0 Å². The predicted octanol–water partition coefficient (Wildman–Crippen LogP) is 0.291. The normalized spacial score (nSPS) is 10.9. The first-order chi connectivity index (χ1) is 5.18. The monoisotopic (exact) mass is 176 g/mol. The highest BCUT2D eigenvalue weighted by atomic mass is 32.2. The number of carboxylic acid groups (broad SMARTS) is 1. The Morgan fingerprint density at radius 2 is 2.27 bits per heavy atom. The van der Waals surface area contributed by atoms with Gasteiger partial charge >= 0.3 is 5.97 Å². The molecule has 0 aromatic carbocycles. The van der Waals surface area contributed by atoms with Crippen LogP contribution in [0, 0.1) is 11.8 Å². The fourth-order valence-electron chi connectivity index (χ4n) is 0.368. The molecule has 0 spiro atoms. The van der Waals surface area contributed by atoms with Gasteiger partial charge in [0.15, 0.2) is 0 Å². The molecule has 0 aliphatic carbocycles. The van der Waals surface area contributed by atoms with E-state index in [9.17, 15) is 4.79 Å². The lowest BCUT2D eigenvalue weighted by Crippen LogP contribution is -2.30. The van der Waals surface area contributed by atoms with Crippen LogP contribution in [0.4, 0.5) is 0 Å². The molecule has 0 bridgehead atoms. The first-order valence-corrected chi connectivity index (χ1v) is 4.31. The van der Waals surface area contributed by atoms with Gasteiger partial charge in [-0.3, -0.25) is 4.79 Å². The average Bonchev–Trinajstić information content (AvgIpc) is 2.03. The first-order valence-electron chi connectivity index (χ1n) is 2.91. The van der Waals surface area contributed by atoms with Crippen LogP contribution in [-0.4, -0.2) is 29.1 Å². The number of nitrogens with two attached hydrogens (primary N) is 1. The minimum Gasteiger partial charge on any atom is -0.480 e. The summed E-state index contributed by atoms with van der Waals surface area (Å²) in [6.07, 6.45) is 2.48. The lowest BCUT2D eigenvalue weighted by Gasteiger charge is -2.02. The summed E-state index contributed by atoms with van der Waals surface area (Å²) >= 11 is 1.60. The maximum absolute atomic E-state index is 10.1. The topological polar surface area (TPSA) is 87.1 Å². The van der Waals surface area contributed by atoms with E-state index in [0.29, 0.717) is 6.42 Å². The third-order valence-corrected chi connectivity index (χ3v) is 1.59. The second-order valence-corrected chi connectivity index (χ2v) is 2.71. The summed E-state index contributed by atoms with van der Waals surface area (Å²) < 4.78 is 0. The third-order valence-electron chi connectivity index (χ3n) is 0.950. The summed E-state index contributed by atoms with van der Waals surface area (Å²) in [6, 6.07) is -0.683. The van der Waals surface area contributed by atoms with Crippen molar-refractivity contribution in [1.82, 2.24) is 0 Å². The van der Waals surface area contributed by atoms with Gasteiger partial charge in [-0.1, -0.05) is 0 Å². The highest BCUT2D eigenvalue weighted by Gasteiger charge is 2.08. The van der Waals surface area contributed by atoms with Gasteiger partial charge in [0.25, 0.3) is 0 Å². The highest BCUT2D eigenvalue weighted by Crippen LogP contribution is 1.97. The largest absolute Gasteiger partial charge is 0.480 e. The summed E-state index contributed by atoms with van der Waals surface area (Å²) in [4.78, 5) is 10.1. The molecule has 0 aliphatic heterocycles. The van der Waals surface area contributed by atoms with Crippen LogP contribution in [0.25, 0.3) is 0 Å². The molecule has 0 saturated carbocycles. The Hall–Kier alpha value is -0.730. The number of hydrogen-bond acceptors (Lipinski definition) is 4. The lowest BCUT2D eigenvalue weighted by atomic mass is 10.2. The van der Waals surface area contributed by atoms with Gasteiger partial charge < -0.3 is 10.8 Å². The number of aliphatic carboxylic acids is 1. The summed E-state index contributed by atoms with van der Waals surface area (Å²) in [5, 5.41) is 14.8. The molecule has 0 aliphatic rings. The Balaban J connectivity index is 0. The molecule has 0 saturated heterocycles. The van der Waals surface area contributed by atoms with Crippen molar-refractivity contribution < 1.29 is 9.90 Å². The fraction of sp³-hybridized carbons (Fsp3) is 0.667. The van der Waals surface area contributed by atoms with E-state index in [0.717, 1.165) is 5.75 Å². The quantitative estimate of drug-likeness (QED) is 0.643. The van der Waals surface area contributed by atoms with Gasteiger partial charge in [0.2, 0.25) is 0 Å². The summed E-state index contributed by atoms with van der Waals surface area (Å²) in [6.45, 7) is 3.50. The maximum Gasteiger partial charge on any atom is 0.320 e. The van der Waals surface area contributed by atoms with Gasteiger partial charge in [-0.15, -0.1) is 0 Å². The number of nitrogens with zero attached hydrogens (tertiary/aromatic N) is 1. The van der Waals surface area contributed by atoms with Gasteiger partial charge in [0.1, 0.15) is 6.04 Å². The molecule has 0 fully saturated rings. The molecule has 11 heavy (non-hydrogen) atoms. The van der Waals surface area contributed by atoms with Gasteiger partial charge in [-0.25, -0.2) is 5.26 Å². The number of carboxylic acids is 1. The van der Waals surface area contributed by atoms with E-state index in [1.165, 1.54) is 0 Å². The molecule has 5 heteroatoms. The molecule has 1 unspecified atom stereocenters. The molecule has 0 amide bonds. The first kappa shape index (κ1) is 12.9. The van der Waals surface area contributed by atoms with E-state index >= 15 is 0 Å². The van der Waals surface area contributed by atoms with E-state index in [-0.39, 0.29) is 0 Å².